The topological polar surface area (TPSA) is 71.8 Å². The van der Waals surface area contributed by atoms with Crippen LogP contribution in [-0.2, 0) is 0 Å². The van der Waals surface area contributed by atoms with Gasteiger partial charge in [0.2, 0.25) is 0 Å². The average Bonchev–Trinajstić information content (AvgIpc) is 3.35. The van der Waals surface area contributed by atoms with Crippen LogP contribution < -0.4 is 10.6 Å². The van der Waals surface area contributed by atoms with Gasteiger partial charge in [-0.25, -0.2) is 9.97 Å². The number of rotatable bonds is 5. The highest BCUT2D eigenvalue weighted by Crippen LogP contribution is 2.22. The van der Waals surface area contributed by atoms with Gasteiger partial charge in [0.1, 0.15) is 5.69 Å². The first-order valence-electron chi connectivity index (χ1n) is 7.95. The quantitative estimate of drug-likeness (QED) is 0.555. The third-order valence-electron chi connectivity index (χ3n) is 3.69. The first-order valence-corrected chi connectivity index (χ1v) is 8.83. The molecule has 0 aliphatic rings. The van der Waals surface area contributed by atoms with Gasteiger partial charge in [-0.1, -0.05) is 18.2 Å². The summed E-state index contributed by atoms with van der Waals surface area (Å²) in [5, 5.41) is 8.45. The number of para-hydroxylation sites is 1. The number of anilines is 3. The summed E-state index contributed by atoms with van der Waals surface area (Å²) < 4.78 is 1.93. The van der Waals surface area contributed by atoms with E-state index in [4.69, 9.17) is 0 Å². The van der Waals surface area contributed by atoms with E-state index >= 15 is 0 Å². The van der Waals surface area contributed by atoms with Crippen LogP contribution in [0.5, 0.6) is 0 Å². The van der Waals surface area contributed by atoms with E-state index in [1.165, 1.54) is 11.3 Å². The van der Waals surface area contributed by atoms with E-state index in [9.17, 15) is 4.79 Å². The smallest absolute Gasteiger partial charge is 0.275 e. The SMILES string of the molecule is O=C(Nc1ccccc1)c1csc(Nc2ccc(-n3ccnc3)cc2)n1. The molecule has 2 aromatic heterocycles. The Hall–Kier alpha value is -3.45. The monoisotopic (exact) mass is 361 g/mol. The first-order chi connectivity index (χ1) is 12.8. The summed E-state index contributed by atoms with van der Waals surface area (Å²) in [6, 6.07) is 17.2. The zero-order chi connectivity index (χ0) is 17.8. The molecular formula is C19H15N5OS. The molecule has 7 heteroatoms. The molecule has 2 heterocycles. The van der Waals surface area contributed by atoms with Gasteiger partial charge in [-0.2, -0.15) is 0 Å². The summed E-state index contributed by atoms with van der Waals surface area (Å²) in [5.41, 5.74) is 3.06. The van der Waals surface area contributed by atoms with Crippen LogP contribution in [0, 0.1) is 0 Å². The molecule has 4 rings (SSSR count). The van der Waals surface area contributed by atoms with Crippen molar-refractivity contribution in [3.05, 3.63) is 84.4 Å². The van der Waals surface area contributed by atoms with Gasteiger partial charge in [-0.15, -0.1) is 11.3 Å². The summed E-state index contributed by atoms with van der Waals surface area (Å²) in [7, 11) is 0. The molecule has 6 nitrogen and oxygen atoms in total. The van der Waals surface area contributed by atoms with E-state index in [0.29, 0.717) is 10.8 Å². The van der Waals surface area contributed by atoms with Gasteiger partial charge in [-0.3, -0.25) is 4.79 Å². The van der Waals surface area contributed by atoms with Gasteiger partial charge in [-0.05, 0) is 36.4 Å². The van der Waals surface area contributed by atoms with E-state index in [-0.39, 0.29) is 5.91 Å². The number of hydrogen-bond acceptors (Lipinski definition) is 5. The minimum Gasteiger partial charge on any atom is -0.332 e. The summed E-state index contributed by atoms with van der Waals surface area (Å²) in [5.74, 6) is -0.226. The number of carbonyl (C=O) groups is 1. The molecule has 26 heavy (non-hydrogen) atoms. The Bertz CT molecular complexity index is 994. The molecule has 0 spiro atoms. The number of imidazole rings is 1. The highest BCUT2D eigenvalue weighted by molar-refractivity contribution is 7.14. The maximum atomic E-state index is 12.3. The van der Waals surface area contributed by atoms with Crippen molar-refractivity contribution in [1.82, 2.24) is 14.5 Å². The molecule has 0 fully saturated rings. The number of aromatic nitrogens is 3. The van der Waals surface area contributed by atoms with Gasteiger partial charge in [0.25, 0.3) is 5.91 Å². The highest BCUT2D eigenvalue weighted by Gasteiger charge is 2.11. The fourth-order valence-corrected chi connectivity index (χ4v) is 3.12. The van der Waals surface area contributed by atoms with Crippen molar-refractivity contribution >= 4 is 33.8 Å². The molecule has 0 unspecified atom stereocenters. The first kappa shape index (κ1) is 16.0. The molecule has 0 atom stereocenters. The van der Waals surface area contributed by atoms with Crippen molar-refractivity contribution in [3.63, 3.8) is 0 Å². The Morgan fingerprint density at radius 2 is 1.81 bits per heavy atom. The van der Waals surface area contributed by atoms with E-state index in [0.717, 1.165) is 17.1 Å². The maximum absolute atomic E-state index is 12.3. The maximum Gasteiger partial charge on any atom is 0.275 e. The van der Waals surface area contributed by atoms with Gasteiger partial charge < -0.3 is 15.2 Å². The summed E-state index contributed by atoms with van der Waals surface area (Å²) >= 11 is 1.39. The molecule has 0 saturated carbocycles. The Kier molecular flexibility index (Phi) is 4.44. The Morgan fingerprint density at radius 3 is 2.54 bits per heavy atom. The third-order valence-corrected chi connectivity index (χ3v) is 4.45. The van der Waals surface area contributed by atoms with Crippen LogP contribution in [0.4, 0.5) is 16.5 Å². The van der Waals surface area contributed by atoms with Crippen molar-refractivity contribution in [1.29, 1.82) is 0 Å². The van der Waals surface area contributed by atoms with Crippen LogP contribution in [0.3, 0.4) is 0 Å². The van der Waals surface area contributed by atoms with Crippen LogP contribution in [0.15, 0.2) is 78.7 Å². The lowest BCUT2D eigenvalue weighted by Crippen LogP contribution is -2.12. The molecule has 1 amide bonds. The van der Waals surface area contributed by atoms with Gasteiger partial charge in [0.15, 0.2) is 5.13 Å². The molecular weight excluding hydrogens is 346 g/mol. The highest BCUT2D eigenvalue weighted by atomic mass is 32.1. The molecule has 0 bridgehead atoms. The Morgan fingerprint density at radius 1 is 1.00 bits per heavy atom. The minimum absolute atomic E-state index is 0.226. The normalized spacial score (nSPS) is 10.5. The lowest BCUT2D eigenvalue weighted by atomic mass is 10.3. The number of nitrogens with zero attached hydrogens (tertiary/aromatic N) is 3. The fraction of sp³-hybridized carbons (Fsp3) is 0. The predicted octanol–water partition coefficient (Wildman–Crippen LogP) is 4.32. The van der Waals surface area contributed by atoms with Crippen molar-refractivity contribution in [2.75, 3.05) is 10.6 Å². The Balaban J connectivity index is 1.42. The molecule has 0 aliphatic heterocycles. The summed E-state index contributed by atoms with van der Waals surface area (Å²) in [4.78, 5) is 20.6. The van der Waals surface area contributed by atoms with E-state index in [2.05, 4.69) is 20.6 Å². The zero-order valence-electron chi connectivity index (χ0n) is 13.7. The number of benzene rings is 2. The number of nitrogens with one attached hydrogen (secondary N) is 2. The lowest BCUT2D eigenvalue weighted by molar-refractivity contribution is 0.102. The third kappa shape index (κ3) is 3.62. The van der Waals surface area contributed by atoms with Crippen molar-refractivity contribution < 1.29 is 4.79 Å². The second-order valence-corrected chi connectivity index (χ2v) is 6.36. The van der Waals surface area contributed by atoms with Crippen LogP contribution >= 0.6 is 11.3 Å². The molecule has 2 aromatic carbocycles. The molecule has 0 aliphatic carbocycles. The standard InChI is InChI=1S/C19H15N5OS/c25-18(21-14-4-2-1-3-5-14)17-12-26-19(23-17)22-15-6-8-16(9-7-15)24-11-10-20-13-24/h1-13H,(H,21,25)(H,22,23). The van der Waals surface area contributed by atoms with Crippen molar-refractivity contribution in [3.8, 4) is 5.69 Å². The summed E-state index contributed by atoms with van der Waals surface area (Å²) in [6.07, 6.45) is 5.38. The zero-order valence-corrected chi connectivity index (χ0v) is 14.5. The molecule has 128 valence electrons. The number of amides is 1. The van der Waals surface area contributed by atoms with E-state index in [1.807, 2.05) is 65.4 Å². The minimum atomic E-state index is -0.226. The second-order valence-electron chi connectivity index (χ2n) is 5.50. The van der Waals surface area contributed by atoms with Gasteiger partial charge in [0, 0.05) is 34.8 Å². The lowest BCUT2D eigenvalue weighted by Gasteiger charge is -2.05. The molecule has 0 radical (unpaired) electrons. The number of hydrogen-bond donors (Lipinski definition) is 2. The van der Waals surface area contributed by atoms with Crippen molar-refractivity contribution in [2.45, 2.75) is 0 Å². The molecule has 0 saturated heterocycles. The van der Waals surface area contributed by atoms with Crippen LogP contribution in [0.1, 0.15) is 10.5 Å². The van der Waals surface area contributed by atoms with E-state index < -0.39 is 0 Å². The van der Waals surface area contributed by atoms with Gasteiger partial charge >= 0.3 is 0 Å². The van der Waals surface area contributed by atoms with Crippen LogP contribution in [0.25, 0.3) is 5.69 Å². The fourth-order valence-electron chi connectivity index (χ4n) is 2.40. The Labute approximate surface area is 154 Å². The van der Waals surface area contributed by atoms with Crippen molar-refractivity contribution in [2.24, 2.45) is 0 Å². The van der Waals surface area contributed by atoms with Crippen LogP contribution in [0.2, 0.25) is 0 Å². The van der Waals surface area contributed by atoms with Crippen LogP contribution in [-0.4, -0.2) is 20.4 Å². The molecule has 2 N–H and O–H groups in total. The molecule has 4 aromatic rings. The predicted molar refractivity (Wildman–Crippen MR) is 103 cm³/mol. The van der Waals surface area contributed by atoms with Gasteiger partial charge in [0.05, 0.1) is 6.33 Å². The largest absolute Gasteiger partial charge is 0.332 e. The number of carbonyl (C=O) groups excluding carboxylic acids is 1. The number of thiazole rings is 1. The average molecular weight is 361 g/mol. The summed E-state index contributed by atoms with van der Waals surface area (Å²) in [6.45, 7) is 0. The second kappa shape index (κ2) is 7.20. The van der Waals surface area contributed by atoms with E-state index in [1.54, 1.807) is 17.9 Å².